The minimum Gasteiger partial charge on any atom is -0.468 e. The van der Waals surface area contributed by atoms with Crippen molar-refractivity contribution in [1.82, 2.24) is 10.2 Å². The fraction of sp³-hybridized carbons (Fsp3) is 0.467. The highest BCUT2D eigenvalue weighted by molar-refractivity contribution is 7.09. The minimum absolute atomic E-state index is 0.506. The first-order chi connectivity index (χ1) is 9.20. The Kier molecular flexibility index (Phi) is 5.19. The molecule has 1 unspecified atom stereocenters. The highest BCUT2D eigenvalue weighted by Gasteiger charge is 2.14. The Morgan fingerprint density at radius 3 is 2.95 bits per heavy atom. The van der Waals surface area contributed by atoms with E-state index < -0.39 is 0 Å². The lowest BCUT2D eigenvalue weighted by Crippen LogP contribution is -2.30. The molecule has 0 saturated carbocycles. The van der Waals surface area contributed by atoms with Crippen molar-refractivity contribution in [1.29, 1.82) is 0 Å². The second kappa shape index (κ2) is 6.89. The molecule has 0 aliphatic carbocycles. The first-order valence-electron chi connectivity index (χ1n) is 6.63. The molecule has 104 valence electrons. The van der Waals surface area contributed by atoms with Gasteiger partial charge in [0.2, 0.25) is 0 Å². The molecule has 0 radical (unpaired) electrons. The summed E-state index contributed by atoms with van der Waals surface area (Å²) in [6.45, 7) is 3.98. The van der Waals surface area contributed by atoms with E-state index in [4.69, 9.17) is 4.42 Å². The molecule has 1 N–H and O–H groups in total. The molecule has 0 bridgehead atoms. The normalized spacial score (nSPS) is 13.1. The zero-order valence-corrected chi connectivity index (χ0v) is 12.7. The van der Waals surface area contributed by atoms with Gasteiger partial charge in [0.1, 0.15) is 5.76 Å². The number of hydrogen-bond donors (Lipinski definition) is 1. The Labute approximate surface area is 119 Å². The summed E-state index contributed by atoms with van der Waals surface area (Å²) in [4.78, 5) is 3.78. The SMILES string of the molecule is CNCc1ccoc1CN(C)C(C)Cc1cccs1. The van der Waals surface area contributed by atoms with Gasteiger partial charge < -0.3 is 9.73 Å². The monoisotopic (exact) mass is 278 g/mol. The van der Waals surface area contributed by atoms with Crippen LogP contribution in [0.3, 0.4) is 0 Å². The summed E-state index contributed by atoms with van der Waals surface area (Å²) in [6, 6.07) is 6.87. The Bertz CT molecular complexity index is 478. The molecule has 4 heteroatoms. The molecular weight excluding hydrogens is 256 g/mol. The molecule has 2 rings (SSSR count). The fourth-order valence-electron chi connectivity index (χ4n) is 2.11. The number of hydrogen-bond acceptors (Lipinski definition) is 4. The van der Waals surface area contributed by atoms with E-state index in [-0.39, 0.29) is 0 Å². The first kappa shape index (κ1) is 14.3. The quantitative estimate of drug-likeness (QED) is 0.843. The molecule has 3 nitrogen and oxygen atoms in total. The molecule has 0 aliphatic heterocycles. The molecular formula is C15H22N2OS. The van der Waals surface area contributed by atoms with E-state index in [9.17, 15) is 0 Å². The van der Waals surface area contributed by atoms with Crippen LogP contribution in [0.15, 0.2) is 34.3 Å². The Hall–Kier alpha value is -1.10. The second-order valence-electron chi connectivity index (χ2n) is 4.95. The summed E-state index contributed by atoms with van der Waals surface area (Å²) in [5.74, 6) is 1.06. The van der Waals surface area contributed by atoms with E-state index in [0.29, 0.717) is 6.04 Å². The summed E-state index contributed by atoms with van der Waals surface area (Å²) in [6.07, 6.45) is 2.87. The predicted molar refractivity (Wildman–Crippen MR) is 80.4 cm³/mol. The van der Waals surface area contributed by atoms with Crippen molar-refractivity contribution in [2.45, 2.75) is 32.5 Å². The summed E-state index contributed by atoms with van der Waals surface area (Å²) in [7, 11) is 4.11. The van der Waals surface area contributed by atoms with E-state index in [0.717, 1.165) is 25.3 Å². The van der Waals surface area contributed by atoms with Crippen LogP contribution >= 0.6 is 11.3 Å². The molecule has 0 amide bonds. The molecule has 19 heavy (non-hydrogen) atoms. The van der Waals surface area contributed by atoms with Crippen LogP contribution in [0.5, 0.6) is 0 Å². The van der Waals surface area contributed by atoms with Gasteiger partial charge in [-0.3, -0.25) is 4.90 Å². The van der Waals surface area contributed by atoms with Gasteiger partial charge in [0, 0.05) is 23.0 Å². The van der Waals surface area contributed by atoms with Crippen molar-refractivity contribution in [3.63, 3.8) is 0 Å². The molecule has 0 spiro atoms. The highest BCUT2D eigenvalue weighted by atomic mass is 32.1. The maximum atomic E-state index is 5.59. The van der Waals surface area contributed by atoms with Gasteiger partial charge in [0.15, 0.2) is 0 Å². The van der Waals surface area contributed by atoms with E-state index in [1.807, 2.05) is 24.5 Å². The summed E-state index contributed by atoms with van der Waals surface area (Å²) >= 11 is 1.83. The predicted octanol–water partition coefficient (Wildman–Crippen LogP) is 3.12. The number of furan rings is 1. The molecule has 2 aromatic rings. The lowest BCUT2D eigenvalue weighted by molar-refractivity contribution is 0.228. The third-order valence-corrected chi connectivity index (χ3v) is 4.33. The minimum atomic E-state index is 0.506. The second-order valence-corrected chi connectivity index (χ2v) is 5.98. The van der Waals surface area contributed by atoms with Crippen LogP contribution in [0, 0.1) is 0 Å². The summed E-state index contributed by atoms with van der Waals surface area (Å²) in [5.41, 5.74) is 1.25. The number of rotatable bonds is 7. The Balaban J connectivity index is 1.92. The average Bonchev–Trinajstić information content (AvgIpc) is 3.02. The van der Waals surface area contributed by atoms with E-state index >= 15 is 0 Å². The van der Waals surface area contributed by atoms with Gasteiger partial charge in [-0.05, 0) is 45.0 Å². The third-order valence-electron chi connectivity index (χ3n) is 3.43. The first-order valence-corrected chi connectivity index (χ1v) is 7.51. The van der Waals surface area contributed by atoms with Gasteiger partial charge in [-0.25, -0.2) is 0 Å². The molecule has 0 aromatic carbocycles. The number of nitrogens with zero attached hydrogens (tertiary/aromatic N) is 1. The molecule has 0 fully saturated rings. The Morgan fingerprint density at radius 2 is 2.26 bits per heavy atom. The summed E-state index contributed by atoms with van der Waals surface area (Å²) < 4.78 is 5.59. The lowest BCUT2D eigenvalue weighted by Gasteiger charge is -2.23. The van der Waals surface area contributed by atoms with Crippen molar-refractivity contribution in [2.75, 3.05) is 14.1 Å². The van der Waals surface area contributed by atoms with Crippen molar-refractivity contribution in [3.05, 3.63) is 46.0 Å². The van der Waals surface area contributed by atoms with Gasteiger partial charge in [0.25, 0.3) is 0 Å². The standard InChI is InChI=1S/C15H22N2OS/c1-12(9-14-5-4-8-19-14)17(3)11-15-13(10-16-2)6-7-18-15/h4-8,12,16H,9-11H2,1-3H3. The fourth-order valence-corrected chi connectivity index (χ4v) is 2.94. The molecule has 0 aliphatic rings. The molecule has 2 heterocycles. The smallest absolute Gasteiger partial charge is 0.122 e. The van der Waals surface area contributed by atoms with Gasteiger partial charge >= 0.3 is 0 Å². The van der Waals surface area contributed by atoms with Crippen molar-refractivity contribution >= 4 is 11.3 Å². The van der Waals surface area contributed by atoms with Crippen LogP contribution in [-0.2, 0) is 19.5 Å². The summed E-state index contributed by atoms with van der Waals surface area (Å²) in [5, 5.41) is 5.31. The average molecular weight is 278 g/mol. The highest BCUT2D eigenvalue weighted by Crippen LogP contribution is 2.17. The maximum absolute atomic E-state index is 5.59. The van der Waals surface area contributed by atoms with Crippen LogP contribution in [0.2, 0.25) is 0 Å². The lowest BCUT2D eigenvalue weighted by atomic mass is 10.1. The van der Waals surface area contributed by atoms with Gasteiger partial charge in [-0.2, -0.15) is 0 Å². The zero-order valence-electron chi connectivity index (χ0n) is 11.8. The third kappa shape index (κ3) is 3.93. The van der Waals surface area contributed by atoms with E-state index in [2.05, 4.69) is 41.7 Å². The van der Waals surface area contributed by atoms with E-state index in [1.54, 1.807) is 6.26 Å². The van der Waals surface area contributed by atoms with Crippen molar-refractivity contribution in [3.8, 4) is 0 Å². The van der Waals surface area contributed by atoms with Crippen LogP contribution in [0.25, 0.3) is 0 Å². The number of nitrogens with one attached hydrogen (secondary N) is 1. The van der Waals surface area contributed by atoms with Crippen LogP contribution < -0.4 is 5.32 Å². The zero-order chi connectivity index (χ0) is 13.7. The van der Waals surface area contributed by atoms with Crippen molar-refractivity contribution < 1.29 is 4.42 Å². The van der Waals surface area contributed by atoms with Gasteiger partial charge in [-0.15, -0.1) is 11.3 Å². The van der Waals surface area contributed by atoms with Crippen LogP contribution in [0.1, 0.15) is 23.1 Å². The van der Waals surface area contributed by atoms with Gasteiger partial charge in [0.05, 0.1) is 12.8 Å². The largest absolute Gasteiger partial charge is 0.468 e. The molecule has 1 atom stereocenters. The van der Waals surface area contributed by atoms with Crippen molar-refractivity contribution in [2.24, 2.45) is 0 Å². The van der Waals surface area contributed by atoms with E-state index in [1.165, 1.54) is 10.4 Å². The Morgan fingerprint density at radius 1 is 1.42 bits per heavy atom. The topological polar surface area (TPSA) is 28.4 Å². The van der Waals surface area contributed by atoms with Crippen LogP contribution in [-0.4, -0.2) is 25.0 Å². The molecule has 2 aromatic heterocycles. The van der Waals surface area contributed by atoms with Crippen LogP contribution in [0.4, 0.5) is 0 Å². The van der Waals surface area contributed by atoms with Gasteiger partial charge in [-0.1, -0.05) is 6.07 Å². The number of likely N-dealkylation sites (N-methyl/N-ethyl adjacent to an activating group) is 1. The number of thiophene rings is 1. The maximum Gasteiger partial charge on any atom is 0.122 e. The molecule has 0 saturated heterocycles.